The molecule has 0 spiro atoms. The number of aliphatic hydroxyl groups excluding tert-OH is 1. The van der Waals surface area contributed by atoms with E-state index < -0.39 is 6.10 Å². The largest absolute Gasteiger partial charge is 0.462 e. The molecule has 0 saturated heterocycles. The molecule has 66 heavy (non-hydrogen) atoms. The van der Waals surface area contributed by atoms with Gasteiger partial charge in [-0.3, -0.25) is 9.59 Å². The first-order valence-electron chi connectivity index (χ1n) is 27.4. The Balaban J connectivity index is 3.61. The van der Waals surface area contributed by atoms with Crippen molar-refractivity contribution in [1.82, 2.24) is 0 Å². The molecule has 0 aromatic carbocycles. The summed E-state index contributed by atoms with van der Waals surface area (Å²) in [7, 11) is 0. The SMILES string of the molecule is CC/C=C\C/C=C\C/C=C\C/C=C\C/C=C\C/C=C\C/C=C\C/C=C\CCCCC(=O)OC(CO)COC(=O)CCCCCCCCCCCCCCC/C=C\CCCCCCCCCC. The molecule has 5 heteroatoms. The molecule has 0 aliphatic carbocycles. The first-order chi connectivity index (χ1) is 32.6. The summed E-state index contributed by atoms with van der Waals surface area (Å²) in [6.07, 6.45) is 80.5. The van der Waals surface area contributed by atoms with Crippen LogP contribution < -0.4 is 0 Å². The molecule has 0 fully saturated rings. The van der Waals surface area contributed by atoms with Gasteiger partial charge in [0.2, 0.25) is 0 Å². The molecule has 0 amide bonds. The minimum Gasteiger partial charge on any atom is -0.462 e. The van der Waals surface area contributed by atoms with Gasteiger partial charge in [0, 0.05) is 12.8 Å². The van der Waals surface area contributed by atoms with Gasteiger partial charge in [0.25, 0.3) is 0 Å². The van der Waals surface area contributed by atoms with Crippen LogP contribution in [0, 0.1) is 0 Å². The first-order valence-corrected chi connectivity index (χ1v) is 27.4. The Morgan fingerprint density at radius 3 is 1.03 bits per heavy atom. The van der Waals surface area contributed by atoms with Crippen molar-refractivity contribution in [3.63, 3.8) is 0 Å². The van der Waals surface area contributed by atoms with Gasteiger partial charge in [0.05, 0.1) is 6.61 Å². The lowest BCUT2D eigenvalue weighted by molar-refractivity contribution is -0.161. The Morgan fingerprint density at radius 1 is 0.364 bits per heavy atom. The molecule has 0 radical (unpaired) electrons. The Bertz CT molecular complexity index is 1310. The lowest BCUT2D eigenvalue weighted by Crippen LogP contribution is -2.28. The molecule has 376 valence electrons. The van der Waals surface area contributed by atoms with E-state index in [1.54, 1.807) is 0 Å². The minimum atomic E-state index is -0.803. The molecule has 0 saturated carbocycles. The number of ether oxygens (including phenoxy) is 2. The summed E-state index contributed by atoms with van der Waals surface area (Å²) < 4.78 is 10.7. The molecule has 0 rings (SSSR count). The van der Waals surface area contributed by atoms with Crippen molar-refractivity contribution in [2.45, 2.75) is 251 Å². The number of esters is 2. The van der Waals surface area contributed by atoms with E-state index in [9.17, 15) is 14.7 Å². The lowest BCUT2D eigenvalue weighted by atomic mass is 10.0. The number of carbonyl (C=O) groups excluding carboxylic acids is 2. The van der Waals surface area contributed by atoms with Gasteiger partial charge in [-0.2, -0.15) is 0 Å². The molecule has 0 heterocycles. The number of aliphatic hydroxyl groups is 1. The second-order valence-electron chi connectivity index (χ2n) is 17.9. The van der Waals surface area contributed by atoms with Crippen LogP contribution in [-0.4, -0.2) is 36.4 Å². The second kappa shape index (κ2) is 55.9. The van der Waals surface area contributed by atoms with E-state index in [1.807, 2.05) is 0 Å². The third-order valence-corrected chi connectivity index (χ3v) is 11.6. The molecule has 1 N–H and O–H groups in total. The summed E-state index contributed by atoms with van der Waals surface area (Å²) in [4.78, 5) is 24.5. The third-order valence-electron chi connectivity index (χ3n) is 11.6. The highest BCUT2D eigenvalue weighted by molar-refractivity contribution is 5.70. The molecular formula is C61H102O5. The van der Waals surface area contributed by atoms with E-state index in [2.05, 4.69) is 123 Å². The molecule has 0 aliphatic rings. The molecule has 1 atom stereocenters. The zero-order chi connectivity index (χ0) is 47.7. The molecule has 0 aromatic heterocycles. The molecule has 0 bridgehead atoms. The van der Waals surface area contributed by atoms with Crippen LogP contribution in [0.25, 0.3) is 0 Å². The van der Waals surface area contributed by atoms with E-state index in [0.29, 0.717) is 12.8 Å². The van der Waals surface area contributed by atoms with Crippen molar-refractivity contribution in [3.05, 3.63) is 109 Å². The maximum absolute atomic E-state index is 12.3. The smallest absolute Gasteiger partial charge is 0.306 e. The molecular weight excluding hydrogens is 813 g/mol. The zero-order valence-electron chi connectivity index (χ0n) is 42.9. The van der Waals surface area contributed by atoms with E-state index in [4.69, 9.17) is 9.47 Å². The van der Waals surface area contributed by atoms with Crippen LogP contribution >= 0.6 is 0 Å². The van der Waals surface area contributed by atoms with Gasteiger partial charge in [0.1, 0.15) is 6.61 Å². The van der Waals surface area contributed by atoms with Crippen LogP contribution in [0.5, 0.6) is 0 Å². The molecule has 1 unspecified atom stereocenters. The summed E-state index contributed by atoms with van der Waals surface area (Å²) in [6.45, 7) is 4.00. The van der Waals surface area contributed by atoms with Crippen molar-refractivity contribution in [3.8, 4) is 0 Å². The van der Waals surface area contributed by atoms with Gasteiger partial charge in [-0.15, -0.1) is 0 Å². The molecule has 5 nitrogen and oxygen atoms in total. The average molecular weight is 915 g/mol. The highest BCUT2D eigenvalue weighted by atomic mass is 16.6. The number of rotatable bonds is 49. The van der Waals surface area contributed by atoms with Crippen LogP contribution in [0.3, 0.4) is 0 Å². The number of hydrogen-bond acceptors (Lipinski definition) is 5. The molecule has 0 aromatic rings. The number of allylic oxidation sites excluding steroid dienone is 18. The van der Waals surface area contributed by atoms with Crippen LogP contribution in [-0.2, 0) is 19.1 Å². The van der Waals surface area contributed by atoms with Gasteiger partial charge < -0.3 is 14.6 Å². The summed E-state index contributed by atoms with van der Waals surface area (Å²) in [6, 6.07) is 0. The highest BCUT2D eigenvalue weighted by Crippen LogP contribution is 2.15. The van der Waals surface area contributed by atoms with Crippen LogP contribution in [0.4, 0.5) is 0 Å². The fraction of sp³-hybridized carbons (Fsp3) is 0.672. The van der Waals surface area contributed by atoms with Crippen LogP contribution in [0.1, 0.15) is 245 Å². The van der Waals surface area contributed by atoms with Gasteiger partial charge in [0.15, 0.2) is 6.10 Å². The van der Waals surface area contributed by atoms with E-state index in [-0.39, 0.29) is 25.2 Å². The van der Waals surface area contributed by atoms with Crippen molar-refractivity contribution < 1.29 is 24.2 Å². The summed E-state index contributed by atoms with van der Waals surface area (Å²) in [5.74, 6) is -0.644. The van der Waals surface area contributed by atoms with E-state index in [0.717, 1.165) is 89.9 Å². The van der Waals surface area contributed by atoms with Gasteiger partial charge in [-0.25, -0.2) is 0 Å². The Morgan fingerprint density at radius 2 is 0.652 bits per heavy atom. The Hall–Kier alpha value is -3.44. The fourth-order valence-corrected chi connectivity index (χ4v) is 7.45. The van der Waals surface area contributed by atoms with Gasteiger partial charge in [-0.05, 0) is 103 Å². The summed E-state index contributed by atoms with van der Waals surface area (Å²) in [5.41, 5.74) is 0. The summed E-state index contributed by atoms with van der Waals surface area (Å²) in [5, 5.41) is 9.64. The minimum absolute atomic E-state index is 0.0891. The number of hydrogen-bond donors (Lipinski definition) is 1. The van der Waals surface area contributed by atoms with Crippen molar-refractivity contribution in [1.29, 1.82) is 0 Å². The van der Waals surface area contributed by atoms with Crippen LogP contribution in [0.15, 0.2) is 109 Å². The topological polar surface area (TPSA) is 72.8 Å². The van der Waals surface area contributed by atoms with Crippen molar-refractivity contribution in [2.75, 3.05) is 13.2 Å². The summed E-state index contributed by atoms with van der Waals surface area (Å²) >= 11 is 0. The number of unbranched alkanes of at least 4 members (excludes halogenated alkanes) is 23. The van der Waals surface area contributed by atoms with Crippen LogP contribution in [0.2, 0.25) is 0 Å². The van der Waals surface area contributed by atoms with Crippen molar-refractivity contribution in [2.24, 2.45) is 0 Å². The first kappa shape index (κ1) is 62.6. The standard InChI is InChI=1S/C61H102O5/c1-3-5-7-9-11-13-15-17-19-21-23-25-27-29-30-32-34-36-38-40-42-44-46-48-50-52-54-56-61(64)66-59(57-62)58-65-60(63)55-53-51-49-47-45-43-41-39-37-35-33-31-28-26-24-22-20-18-16-14-12-10-8-6-4-2/h5,7,11,13,17,19,22-25,29-30,34,36,40,42,46,48,59,62H,3-4,6,8-10,12,14-16,18,20-21,26-28,31-33,35,37-39,41,43-45,47,49-58H2,1-2H3/b7-5-,13-11-,19-17-,24-22-,25-23-,30-29-,36-34-,42-40-,48-46-. The predicted octanol–water partition coefficient (Wildman–Crippen LogP) is 18.5. The fourth-order valence-electron chi connectivity index (χ4n) is 7.45. The zero-order valence-corrected chi connectivity index (χ0v) is 42.9. The lowest BCUT2D eigenvalue weighted by Gasteiger charge is -2.15. The Labute approximate surface area is 408 Å². The monoisotopic (exact) mass is 915 g/mol. The maximum atomic E-state index is 12.3. The molecule has 0 aliphatic heterocycles. The van der Waals surface area contributed by atoms with Crippen molar-refractivity contribution >= 4 is 11.9 Å². The average Bonchev–Trinajstić information content (AvgIpc) is 3.32. The van der Waals surface area contributed by atoms with E-state index in [1.165, 1.54) is 128 Å². The highest BCUT2D eigenvalue weighted by Gasteiger charge is 2.16. The second-order valence-corrected chi connectivity index (χ2v) is 17.9. The third kappa shape index (κ3) is 53.2. The predicted molar refractivity (Wildman–Crippen MR) is 288 cm³/mol. The number of carbonyl (C=O) groups is 2. The van der Waals surface area contributed by atoms with Gasteiger partial charge >= 0.3 is 11.9 Å². The van der Waals surface area contributed by atoms with E-state index >= 15 is 0 Å². The maximum Gasteiger partial charge on any atom is 0.306 e. The quantitative estimate of drug-likeness (QED) is 0.0374. The van der Waals surface area contributed by atoms with Gasteiger partial charge in [-0.1, -0.05) is 239 Å². The normalized spacial score (nSPS) is 13.1. The Kier molecular flexibility index (Phi) is 53.0.